The van der Waals surface area contributed by atoms with Crippen molar-refractivity contribution >= 4 is 0 Å². The van der Waals surface area contributed by atoms with Crippen molar-refractivity contribution in [1.82, 2.24) is 15.2 Å². The normalized spacial score (nSPS) is 18.7. The molecule has 0 bridgehead atoms. The molecule has 2 heterocycles. The van der Waals surface area contributed by atoms with Gasteiger partial charge in [-0.25, -0.2) is 0 Å². The van der Waals surface area contributed by atoms with Gasteiger partial charge in [-0.3, -0.25) is 9.88 Å². The van der Waals surface area contributed by atoms with E-state index in [0.717, 1.165) is 38.5 Å². The first-order chi connectivity index (χ1) is 9.24. The van der Waals surface area contributed by atoms with E-state index in [2.05, 4.69) is 28.3 Å². The highest BCUT2D eigenvalue weighted by atomic mass is 16.5. The van der Waals surface area contributed by atoms with Gasteiger partial charge in [-0.2, -0.15) is 0 Å². The summed E-state index contributed by atoms with van der Waals surface area (Å²) >= 11 is 0. The minimum Gasteiger partial charge on any atom is -0.384 e. The number of rotatable bonds is 6. The quantitative estimate of drug-likeness (QED) is 0.844. The summed E-state index contributed by atoms with van der Waals surface area (Å²) < 4.78 is 5.47. The lowest BCUT2D eigenvalue weighted by Gasteiger charge is -2.39. The maximum atomic E-state index is 5.47. The van der Waals surface area contributed by atoms with Crippen LogP contribution in [0.1, 0.15) is 18.5 Å². The average molecular weight is 263 g/mol. The third-order valence-corrected chi connectivity index (χ3v) is 3.88. The Bertz CT molecular complexity index is 357. The SMILES string of the molecule is COCC1(CN(C)Cc2ccccn2)CCNCC1. The number of hydrogen-bond donors (Lipinski definition) is 1. The van der Waals surface area contributed by atoms with Crippen molar-refractivity contribution in [2.75, 3.05) is 40.4 Å². The molecular weight excluding hydrogens is 238 g/mol. The molecule has 0 unspecified atom stereocenters. The lowest BCUT2D eigenvalue weighted by Crippen LogP contribution is -2.46. The van der Waals surface area contributed by atoms with E-state index in [9.17, 15) is 0 Å². The standard InChI is InChI=1S/C15H25N3O/c1-18(11-14-5-3-4-8-17-14)12-15(13-19-2)6-9-16-10-7-15/h3-5,8,16H,6-7,9-13H2,1-2H3. The zero-order valence-electron chi connectivity index (χ0n) is 12.1. The molecule has 1 aliphatic rings. The summed E-state index contributed by atoms with van der Waals surface area (Å²) in [5.41, 5.74) is 1.43. The van der Waals surface area contributed by atoms with E-state index < -0.39 is 0 Å². The zero-order valence-corrected chi connectivity index (χ0v) is 12.1. The second-order valence-corrected chi connectivity index (χ2v) is 5.68. The van der Waals surface area contributed by atoms with Crippen LogP contribution >= 0.6 is 0 Å². The first-order valence-corrected chi connectivity index (χ1v) is 7.02. The van der Waals surface area contributed by atoms with E-state index in [1.54, 1.807) is 0 Å². The third kappa shape index (κ3) is 4.27. The van der Waals surface area contributed by atoms with Gasteiger partial charge in [0.2, 0.25) is 0 Å². The lowest BCUT2D eigenvalue weighted by molar-refractivity contribution is 0.0266. The lowest BCUT2D eigenvalue weighted by atomic mass is 9.79. The molecule has 0 saturated carbocycles. The molecule has 0 radical (unpaired) electrons. The summed E-state index contributed by atoms with van der Waals surface area (Å²) in [5, 5.41) is 3.43. The van der Waals surface area contributed by atoms with Crippen molar-refractivity contribution in [1.29, 1.82) is 0 Å². The Morgan fingerprint density at radius 3 is 2.79 bits per heavy atom. The maximum absolute atomic E-state index is 5.47. The van der Waals surface area contributed by atoms with E-state index in [4.69, 9.17) is 4.74 Å². The largest absolute Gasteiger partial charge is 0.384 e. The number of piperidine rings is 1. The molecule has 106 valence electrons. The van der Waals surface area contributed by atoms with Crippen LogP contribution in [0, 0.1) is 5.41 Å². The van der Waals surface area contributed by atoms with Crippen LogP contribution in [0.15, 0.2) is 24.4 Å². The van der Waals surface area contributed by atoms with Crippen molar-refractivity contribution < 1.29 is 4.74 Å². The van der Waals surface area contributed by atoms with E-state index in [0.29, 0.717) is 5.41 Å². The number of methoxy groups -OCH3 is 1. The average Bonchev–Trinajstić information content (AvgIpc) is 2.40. The number of ether oxygens (including phenoxy) is 1. The van der Waals surface area contributed by atoms with Crippen LogP contribution in [-0.2, 0) is 11.3 Å². The number of nitrogens with one attached hydrogen (secondary N) is 1. The van der Waals surface area contributed by atoms with Gasteiger partial charge in [0.1, 0.15) is 0 Å². The molecule has 1 aliphatic heterocycles. The van der Waals surface area contributed by atoms with Gasteiger partial charge in [0.15, 0.2) is 0 Å². The highest BCUT2D eigenvalue weighted by Crippen LogP contribution is 2.30. The molecule has 1 aromatic heterocycles. The zero-order chi connectivity index (χ0) is 13.6. The molecule has 1 fully saturated rings. The summed E-state index contributed by atoms with van der Waals surface area (Å²) in [6.45, 7) is 5.02. The van der Waals surface area contributed by atoms with Gasteiger partial charge in [-0.15, -0.1) is 0 Å². The minimum atomic E-state index is 0.295. The van der Waals surface area contributed by atoms with E-state index in [-0.39, 0.29) is 0 Å². The molecule has 0 aromatic carbocycles. The summed E-state index contributed by atoms with van der Waals surface area (Å²) in [5.74, 6) is 0. The molecule has 19 heavy (non-hydrogen) atoms. The van der Waals surface area contributed by atoms with Crippen molar-refractivity contribution in [3.63, 3.8) is 0 Å². The molecule has 0 aliphatic carbocycles. The van der Waals surface area contributed by atoms with Crippen LogP contribution in [0.25, 0.3) is 0 Å². The van der Waals surface area contributed by atoms with Crippen LogP contribution < -0.4 is 5.32 Å². The highest BCUT2D eigenvalue weighted by Gasteiger charge is 2.33. The van der Waals surface area contributed by atoms with Gasteiger partial charge in [0.25, 0.3) is 0 Å². The fourth-order valence-corrected chi connectivity index (χ4v) is 3.01. The van der Waals surface area contributed by atoms with Gasteiger partial charge in [-0.1, -0.05) is 6.07 Å². The number of nitrogens with zero attached hydrogens (tertiary/aromatic N) is 2. The Morgan fingerprint density at radius 2 is 2.16 bits per heavy atom. The van der Waals surface area contributed by atoms with E-state index in [1.165, 1.54) is 12.8 Å². The predicted octanol–water partition coefficient (Wildman–Crippen LogP) is 1.53. The Labute approximate surface area is 116 Å². The fraction of sp³-hybridized carbons (Fsp3) is 0.667. The molecular formula is C15H25N3O. The Hall–Kier alpha value is -0.970. The predicted molar refractivity (Wildman–Crippen MR) is 77.0 cm³/mol. The van der Waals surface area contributed by atoms with Gasteiger partial charge >= 0.3 is 0 Å². The molecule has 2 rings (SSSR count). The third-order valence-electron chi connectivity index (χ3n) is 3.88. The minimum absolute atomic E-state index is 0.295. The monoisotopic (exact) mass is 263 g/mol. The van der Waals surface area contributed by atoms with Crippen LogP contribution in [0.5, 0.6) is 0 Å². The first-order valence-electron chi connectivity index (χ1n) is 7.02. The van der Waals surface area contributed by atoms with Crippen LogP contribution in [-0.4, -0.2) is 50.3 Å². The molecule has 0 amide bonds. The smallest absolute Gasteiger partial charge is 0.0543 e. The summed E-state index contributed by atoms with van der Waals surface area (Å²) in [6.07, 6.45) is 4.24. The number of aromatic nitrogens is 1. The fourth-order valence-electron chi connectivity index (χ4n) is 3.01. The number of hydrogen-bond acceptors (Lipinski definition) is 4. The second-order valence-electron chi connectivity index (χ2n) is 5.68. The Kier molecular flexibility index (Phi) is 5.31. The number of pyridine rings is 1. The Morgan fingerprint density at radius 1 is 1.37 bits per heavy atom. The van der Waals surface area contributed by atoms with E-state index >= 15 is 0 Å². The molecule has 4 nitrogen and oxygen atoms in total. The van der Waals surface area contributed by atoms with Crippen molar-refractivity contribution in [3.8, 4) is 0 Å². The summed E-state index contributed by atoms with van der Waals surface area (Å²) in [4.78, 5) is 6.76. The molecule has 0 spiro atoms. The van der Waals surface area contributed by atoms with E-state index in [1.807, 2.05) is 25.4 Å². The van der Waals surface area contributed by atoms with Gasteiger partial charge in [0.05, 0.1) is 12.3 Å². The van der Waals surface area contributed by atoms with Gasteiger partial charge in [0, 0.05) is 31.8 Å². The van der Waals surface area contributed by atoms with Crippen molar-refractivity contribution in [2.45, 2.75) is 19.4 Å². The molecule has 4 heteroatoms. The molecule has 1 saturated heterocycles. The topological polar surface area (TPSA) is 37.4 Å². The summed E-state index contributed by atoms with van der Waals surface area (Å²) in [7, 11) is 3.98. The van der Waals surface area contributed by atoms with Crippen LogP contribution in [0.3, 0.4) is 0 Å². The van der Waals surface area contributed by atoms with Crippen molar-refractivity contribution in [3.05, 3.63) is 30.1 Å². The Balaban J connectivity index is 1.93. The van der Waals surface area contributed by atoms with Crippen LogP contribution in [0.4, 0.5) is 0 Å². The second kappa shape index (κ2) is 6.98. The molecule has 1 aromatic rings. The molecule has 0 atom stereocenters. The van der Waals surface area contributed by atoms with Crippen molar-refractivity contribution in [2.24, 2.45) is 5.41 Å². The maximum Gasteiger partial charge on any atom is 0.0543 e. The van der Waals surface area contributed by atoms with Gasteiger partial charge < -0.3 is 10.1 Å². The van der Waals surface area contributed by atoms with Gasteiger partial charge in [-0.05, 0) is 45.1 Å². The molecule has 1 N–H and O–H groups in total. The highest BCUT2D eigenvalue weighted by molar-refractivity contribution is 5.03. The van der Waals surface area contributed by atoms with Crippen LogP contribution in [0.2, 0.25) is 0 Å². The summed E-state index contributed by atoms with van der Waals surface area (Å²) in [6, 6.07) is 6.09. The first kappa shape index (κ1) is 14.4.